The maximum atomic E-state index is 13.8. The Morgan fingerprint density at radius 3 is 2.48 bits per heavy atom. The Balaban J connectivity index is 1.92. The van der Waals surface area contributed by atoms with E-state index in [4.69, 9.17) is 19.2 Å². The van der Waals surface area contributed by atoms with E-state index in [9.17, 15) is 4.79 Å². The number of methoxy groups -OCH3 is 1. The average Bonchev–Trinajstić information content (AvgIpc) is 2.94. The molecule has 0 fully saturated rings. The molecule has 0 spiro atoms. The molecule has 0 radical (unpaired) electrons. The maximum absolute atomic E-state index is 13.8. The fraction of sp³-hybridized carbons (Fsp3) is 0.344. The highest BCUT2D eigenvalue weighted by Gasteiger charge is 2.19. The first-order chi connectivity index (χ1) is 19.2. The molecule has 0 aliphatic carbocycles. The van der Waals surface area contributed by atoms with Gasteiger partial charge in [0.1, 0.15) is 5.75 Å². The van der Waals surface area contributed by atoms with Crippen LogP contribution in [0.15, 0.2) is 62.9 Å². The molecule has 4 rings (SSSR count). The van der Waals surface area contributed by atoms with Gasteiger partial charge >= 0.3 is 0 Å². The lowest BCUT2D eigenvalue weighted by Gasteiger charge is -2.18. The summed E-state index contributed by atoms with van der Waals surface area (Å²) in [5.74, 6) is 2.74. The van der Waals surface area contributed by atoms with Crippen LogP contribution in [0.2, 0.25) is 0 Å². The molecule has 40 heavy (non-hydrogen) atoms. The van der Waals surface area contributed by atoms with Gasteiger partial charge in [-0.3, -0.25) is 4.79 Å². The molecule has 1 heterocycles. The highest BCUT2D eigenvalue weighted by Crippen LogP contribution is 2.36. The summed E-state index contributed by atoms with van der Waals surface area (Å²) < 4.78 is 19.7. The number of halogens is 1. The van der Waals surface area contributed by atoms with Crippen LogP contribution in [0.1, 0.15) is 63.6 Å². The van der Waals surface area contributed by atoms with E-state index in [1.165, 1.54) is 4.68 Å². The Kier molecular flexibility index (Phi) is 9.30. The van der Waals surface area contributed by atoms with Gasteiger partial charge in [0.05, 0.1) is 36.9 Å². The topological polar surface area (TPSA) is 74.9 Å². The SMILES string of the molecule is CCOc1cc(C=Nn2c(-c3cc(C(C)C)c(OC)cc3C)nc3ccccc3c2=O)c(Br)cc1O[C@H](C)CC. The fourth-order valence-electron chi connectivity index (χ4n) is 4.40. The van der Waals surface area contributed by atoms with E-state index in [-0.39, 0.29) is 17.6 Å². The summed E-state index contributed by atoms with van der Waals surface area (Å²) in [6.07, 6.45) is 2.55. The van der Waals surface area contributed by atoms with E-state index in [0.717, 1.165) is 38.9 Å². The number of ether oxygens (including phenoxy) is 3. The number of rotatable bonds is 10. The normalized spacial score (nSPS) is 12.3. The Hall–Kier alpha value is -3.65. The molecule has 3 aromatic carbocycles. The second-order valence-electron chi connectivity index (χ2n) is 9.97. The van der Waals surface area contributed by atoms with Crippen LogP contribution < -0.4 is 19.8 Å². The van der Waals surface area contributed by atoms with Gasteiger partial charge in [-0.15, -0.1) is 0 Å². The monoisotopic (exact) mass is 605 g/mol. The van der Waals surface area contributed by atoms with Crippen LogP contribution in [0, 0.1) is 6.92 Å². The first kappa shape index (κ1) is 29.3. The summed E-state index contributed by atoms with van der Waals surface area (Å²) in [7, 11) is 1.67. The van der Waals surface area contributed by atoms with Crippen LogP contribution >= 0.6 is 15.9 Å². The first-order valence-corrected chi connectivity index (χ1v) is 14.4. The van der Waals surface area contributed by atoms with E-state index < -0.39 is 0 Å². The van der Waals surface area contributed by atoms with E-state index >= 15 is 0 Å². The van der Waals surface area contributed by atoms with Crippen molar-refractivity contribution in [1.29, 1.82) is 0 Å². The summed E-state index contributed by atoms with van der Waals surface area (Å²) in [5, 5.41) is 5.18. The molecule has 1 atom stereocenters. The molecule has 210 valence electrons. The van der Waals surface area contributed by atoms with Crippen molar-refractivity contribution in [2.75, 3.05) is 13.7 Å². The largest absolute Gasteiger partial charge is 0.496 e. The van der Waals surface area contributed by atoms with Crippen molar-refractivity contribution in [2.24, 2.45) is 5.10 Å². The third-order valence-electron chi connectivity index (χ3n) is 6.77. The zero-order chi connectivity index (χ0) is 29.0. The van der Waals surface area contributed by atoms with Crippen LogP contribution in [0.25, 0.3) is 22.3 Å². The lowest BCUT2D eigenvalue weighted by molar-refractivity contribution is 0.203. The minimum absolute atomic E-state index is 0.0406. The zero-order valence-electron chi connectivity index (χ0n) is 24.1. The molecule has 0 aliphatic rings. The van der Waals surface area contributed by atoms with E-state index in [1.54, 1.807) is 19.4 Å². The van der Waals surface area contributed by atoms with Crippen LogP contribution in [0.3, 0.4) is 0 Å². The highest BCUT2D eigenvalue weighted by atomic mass is 79.9. The molecule has 8 heteroatoms. The second kappa shape index (κ2) is 12.7. The van der Waals surface area contributed by atoms with Gasteiger partial charge in [0, 0.05) is 15.6 Å². The molecule has 4 aromatic rings. The van der Waals surface area contributed by atoms with Gasteiger partial charge in [0.2, 0.25) is 0 Å². The predicted molar refractivity (Wildman–Crippen MR) is 166 cm³/mol. The molecule has 0 saturated carbocycles. The van der Waals surface area contributed by atoms with Gasteiger partial charge in [-0.25, -0.2) is 4.98 Å². The first-order valence-electron chi connectivity index (χ1n) is 13.6. The number of aromatic nitrogens is 2. The number of hydrogen-bond donors (Lipinski definition) is 0. The highest BCUT2D eigenvalue weighted by molar-refractivity contribution is 9.10. The van der Waals surface area contributed by atoms with Gasteiger partial charge in [0.15, 0.2) is 17.3 Å². The number of aryl methyl sites for hydroxylation is 1. The van der Waals surface area contributed by atoms with Gasteiger partial charge in [-0.2, -0.15) is 9.78 Å². The smallest absolute Gasteiger partial charge is 0.282 e. The maximum Gasteiger partial charge on any atom is 0.282 e. The number of para-hydroxylation sites is 1. The number of hydrogen-bond acceptors (Lipinski definition) is 6. The quantitative estimate of drug-likeness (QED) is 0.173. The van der Waals surface area contributed by atoms with Crippen molar-refractivity contribution in [2.45, 2.75) is 60.0 Å². The van der Waals surface area contributed by atoms with Gasteiger partial charge in [-0.05, 0) is 96.6 Å². The molecular formula is C32H36BrN3O4. The fourth-order valence-corrected chi connectivity index (χ4v) is 4.83. The minimum Gasteiger partial charge on any atom is -0.496 e. The standard InChI is InChI=1S/C32H36BrN3O4/c1-8-21(6)40-30-17-26(33)22(15-29(30)39-9-2)18-34-36-31(35-27-13-11-10-12-23(27)32(36)37)25-16-24(19(3)4)28(38-7)14-20(25)5/h10-19,21H,8-9H2,1-7H3/t21-/m1/s1. The Labute approximate surface area is 243 Å². The molecule has 0 saturated heterocycles. The van der Waals surface area contributed by atoms with E-state index in [1.807, 2.05) is 63.2 Å². The van der Waals surface area contributed by atoms with Gasteiger partial charge in [0.25, 0.3) is 5.56 Å². The Morgan fingerprint density at radius 2 is 1.80 bits per heavy atom. The van der Waals surface area contributed by atoms with Crippen LogP contribution in [0.5, 0.6) is 17.2 Å². The zero-order valence-corrected chi connectivity index (χ0v) is 25.7. The molecule has 1 aromatic heterocycles. The van der Waals surface area contributed by atoms with Crippen molar-refractivity contribution in [3.05, 3.63) is 80.0 Å². The molecule has 0 N–H and O–H groups in total. The molecule has 0 amide bonds. The lowest BCUT2D eigenvalue weighted by Crippen LogP contribution is -2.21. The molecule has 0 bridgehead atoms. The molecule has 0 unspecified atom stereocenters. The minimum atomic E-state index is -0.254. The predicted octanol–water partition coefficient (Wildman–Crippen LogP) is 7.72. The van der Waals surface area contributed by atoms with E-state index in [0.29, 0.717) is 34.8 Å². The lowest BCUT2D eigenvalue weighted by atomic mass is 9.96. The van der Waals surface area contributed by atoms with Crippen molar-refractivity contribution >= 4 is 33.0 Å². The summed E-state index contributed by atoms with van der Waals surface area (Å²) in [5.41, 5.74) is 3.87. The van der Waals surface area contributed by atoms with Crippen molar-refractivity contribution < 1.29 is 14.2 Å². The van der Waals surface area contributed by atoms with Crippen molar-refractivity contribution in [3.63, 3.8) is 0 Å². The summed E-state index contributed by atoms with van der Waals surface area (Å²) in [6, 6.07) is 15.1. The molecule has 0 aliphatic heterocycles. The third-order valence-corrected chi connectivity index (χ3v) is 7.46. The Bertz CT molecular complexity index is 1610. The third kappa shape index (κ3) is 6.07. The second-order valence-corrected chi connectivity index (χ2v) is 10.8. The van der Waals surface area contributed by atoms with Gasteiger partial charge in [-0.1, -0.05) is 32.9 Å². The van der Waals surface area contributed by atoms with Crippen LogP contribution in [-0.4, -0.2) is 35.7 Å². The van der Waals surface area contributed by atoms with Crippen LogP contribution in [-0.2, 0) is 0 Å². The van der Waals surface area contributed by atoms with E-state index in [2.05, 4.69) is 41.8 Å². The number of benzene rings is 3. The van der Waals surface area contributed by atoms with Crippen molar-refractivity contribution in [3.8, 4) is 28.6 Å². The molecule has 7 nitrogen and oxygen atoms in total. The summed E-state index contributed by atoms with van der Waals surface area (Å²) >= 11 is 3.65. The molecular weight excluding hydrogens is 570 g/mol. The summed E-state index contributed by atoms with van der Waals surface area (Å²) in [4.78, 5) is 18.7. The summed E-state index contributed by atoms with van der Waals surface area (Å²) in [6.45, 7) is 12.7. The van der Waals surface area contributed by atoms with Gasteiger partial charge < -0.3 is 14.2 Å². The number of nitrogens with zero attached hydrogens (tertiary/aromatic N) is 3. The van der Waals surface area contributed by atoms with Crippen LogP contribution in [0.4, 0.5) is 0 Å². The Morgan fingerprint density at radius 1 is 1.05 bits per heavy atom. The number of fused-ring (bicyclic) bond motifs is 1. The average molecular weight is 607 g/mol. The van der Waals surface area contributed by atoms with Crippen molar-refractivity contribution in [1.82, 2.24) is 9.66 Å².